The number of aromatic nitrogens is 4. The highest BCUT2D eigenvalue weighted by atomic mass is 16.5. The predicted molar refractivity (Wildman–Crippen MR) is 80.1 cm³/mol. The van der Waals surface area contributed by atoms with E-state index in [-0.39, 0.29) is 6.61 Å². The lowest BCUT2D eigenvalue weighted by molar-refractivity contribution is -0.119. The molecule has 0 saturated carbocycles. The van der Waals surface area contributed by atoms with E-state index in [1.165, 1.54) is 0 Å². The first-order valence-corrected chi connectivity index (χ1v) is 6.63. The number of tetrazole rings is 1. The Hall–Kier alpha value is -3.16. The van der Waals surface area contributed by atoms with E-state index in [1.54, 1.807) is 0 Å². The zero-order valence-corrected chi connectivity index (χ0v) is 11.6. The fourth-order valence-electron chi connectivity index (χ4n) is 2.19. The van der Waals surface area contributed by atoms with Gasteiger partial charge in [-0.3, -0.25) is 4.79 Å². The SMILES string of the molecule is NC(=O)COc1ccc2ccccc2c1CNc1nn[nH]n1. The molecule has 0 bridgehead atoms. The smallest absolute Gasteiger partial charge is 0.263 e. The molecule has 0 aliphatic heterocycles. The first-order chi connectivity index (χ1) is 10.7. The number of nitrogens with one attached hydrogen (secondary N) is 2. The monoisotopic (exact) mass is 298 g/mol. The molecule has 0 spiro atoms. The second kappa shape index (κ2) is 6.08. The number of amides is 1. The average Bonchev–Trinajstić information content (AvgIpc) is 3.04. The van der Waals surface area contributed by atoms with Crippen LogP contribution in [0.5, 0.6) is 5.75 Å². The van der Waals surface area contributed by atoms with Gasteiger partial charge in [-0.1, -0.05) is 35.4 Å². The maximum Gasteiger partial charge on any atom is 0.263 e. The number of nitrogens with zero attached hydrogens (tertiary/aromatic N) is 3. The van der Waals surface area contributed by atoms with E-state index in [0.717, 1.165) is 16.3 Å². The Morgan fingerprint density at radius 2 is 2.14 bits per heavy atom. The average molecular weight is 298 g/mol. The number of hydrogen-bond donors (Lipinski definition) is 3. The van der Waals surface area contributed by atoms with Gasteiger partial charge in [-0.05, 0) is 22.1 Å². The number of hydrogen-bond acceptors (Lipinski definition) is 6. The van der Waals surface area contributed by atoms with E-state index in [9.17, 15) is 4.79 Å². The van der Waals surface area contributed by atoms with Crippen LogP contribution in [0, 0.1) is 0 Å². The molecule has 0 radical (unpaired) electrons. The second-order valence-electron chi connectivity index (χ2n) is 4.61. The van der Waals surface area contributed by atoms with Crippen LogP contribution in [-0.2, 0) is 11.3 Å². The molecular formula is C14H14N6O2. The van der Waals surface area contributed by atoms with Gasteiger partial charge >= 0.3 is 0 Å². The highest BCUT2D eigenvalue weighted by Crippen LogP contribution is 2.28. The predicted octanol–water partition coefficient (Wildman–Crippen LogP) is 0.829. The number of benzene rings is 2. The summed E-state index contributed by atoms with van der Waals surface area (Å²) in [5, 5.41) is 18.7. The molecule has 22 heavy (non-hydrogen) atoms. The van der Waals surface area contributed by atoms with Gasteiger partial charge in [-0.2, -0.15) is 5.21 Å². The maximum atomic E-state index is 10.9. The van der Waals surface area contributed by atoms with E-state index in [1.807, 2.05) is 36.4 Å². The van der Waals surface area contributed by atoms with Crippen molar-refractivity contribution in [3.8, 4) is 5.75 Å². The fraction of sp³-hybridized carbons (Fsp3) is 0.143. The Kier molecular flexibility index (Phi) is 3.82. The number of rotatable bonds is 6. The first-order valence-electron chi connectivity index (χ1n) is 6.63. The second-order valence-corrected chi connectivity index (χ2v) is 4.61. The molecule has 0 unspecified atom stereocenters. The molecule has 0 aliphatic carbocycles. The lowest BCUT2D eigenvalue weighted by atomic mass is 10.0. The highest BCUT2D eigenvalue weighted by Gasteiger charge is 2.10. The molecule has 0 atom stereocenters. The zero-order chi connectivity index (χ0) is 15.4. The van der Waals surface area contributed by atoms with E-state index >= 15 is 0 Å². The number of ether oxygens (including phenoxy) is 1. The summed E-state index contributed by atoms with van der Waals surface area (Å²) in [4.78, 5) is 10.9. The molecule has 3 rings (SSSR count). The van der Waals surface area contributed by atoms with Gasteiger partial charge in [0.05, 0.1) is 0 Å². The van der Waals surface area contributed by atoms with Gasteiger partial charge in [-0.15, -0.1) is 5.10 Å². The van der Waals surface area contributed by atoms with Gasteiger partial charge in [0.15, 0.2) is 6.61 Å². The Morgan fingerprint density at radius 3 is 2.91 bits per heavy atom. The van der Waals surface area contributed by atoms with Crippen LogP contribution in [0.1, 0.15) is 5.56 Å². The van der Waals surface area contributed by atoms with Crippen LogP contribution >= 0.6 is 0 Å². The Balaban J connectivity index is 1.94. The third kappa shape index (κ3) is 2.95. The molecule has 4 N–H and O–H groups in total. The Labute approximate surface area is 125 Å². The fourth-order valence-corrected chi connectivity index (χ4v) is 2.19. The third-order valence-electron chi connectivity index (χ3n) is 3.14. The van der Waals surface area contributed by atoms with Crippen molar-refractivity contribution in [2.24, 2.45) is 5.73 Å². The van der Waals surface area contributed by atoms with Gasteiger partial charge in [0.1, 0.15) is 5.75 Å². The number of primary amides is 1. The quantitative estimate of drug-likeness (QED) is 0.620. The lowest BCUT2D eigenvalue weighted by Crippen LogP contribution is -2.20. The van der Waals surface area contributed by atoms with E-state index < -0.39 is 5.91 Å². The minimum atomic E-state index is -0.523. The summed E-state index contributed by atoms with van der Waals surface area (Å²) in [6.45, 7) is 0.253. The van der Waals surface area contributed by atoms with Crippen molar-refractivity contribution in [2.45, 2.75) is 6.54 Å². The minimum Gasteiger partial charge on any atom is -0.483 e. The van der Waals surface area contributed by atoms with E-state index in [2.05, 4.69) is 25.9 Å². The van der Waals surface area contributed by atoms with Crippen LogP contribution in [0.3, 0.4) is 0 Å². The highest BCUT2D eigenvalue weighted by molar-refractivity contribution is 5.88. The van der Waals surface area contributed by atoms with Gasteiger partial charge in [0.25, 0.3) is 11.9 Å². The van der Waals surface area contributed by atoms with Gasteiger partial charge in [-0.25, -0.2) is 0 Å². The number of anilines is 1. The summed E-state index contributed by atoms with van der Waals surface area (Å²) in [6.07, 6.45) is 0. The van der Waals surface area contributed by atoms with Gasteiger partial charge in [0, 0.05) is 12.1 Å². The molecule has 3 aromatic rings. The molecule has 1 aromatic heterocycles. The lowest BCUT2D eigenvalue weighted by Gasteiger charge is -2.13. The van der Waals surface area contributed by atoms with Crippen molar-refractivity contribution in [1.29, 1.82) is 0 Å². The van der Waals surface area contributed by atoms with E-state index in [4.69, 9.17) is 10.5 Å². The van der Waals surface area contributed by atoms with Crippen LogP contribution in [0.4, 0.5) is 5.95 Å². The molecule has 8 heteroatoms. The van der Waals surface area contributed by atoms with Crippen LogP contribution in [-0.4, -0.2) is 33.1 Å². The first kappa shape index (κ1) is 13.8. The number of carbonyl (C=O) groups is 1. The van der Waals surface area contributed by atoms with Crippen LogP contribution in [0.2, 0.25) is 0 Å². The van der Waals surface area contributed by atoms with Crippen molar-refractivity contribution in [3.63, 3.8) is 0 Å². The molecule has 112 valence electrons. The summed E-state index contributed by atoms with van der Waals surface area (Å²) >= 11 is 0. The topological polar surface area (TPSA) is 119 Å². The maximum absolute atomic E-state index is 10.9. The number of nitrogens with two attached hydrogens (primary N) is 1. The van der Waals surface area contributed by atoms with E-state index in [0.29, 0.717) is 18.2 Å². The Morgan fingerprint density at radius 1 is 1.27 bits per heavy atom. The molecule has 1 amide bonds. The largest absolute Gasteiger partial charge is 0.483 e. The number of fused-ring (bicyclic) bond motifs is 1. The summed E-state index contributed by atoms with van der Waals surface area (Å²) in [5.41, 5.74) is 6.03. The number of carbonyl (C=O) groups excluding carboxylic acids is 1. The summed E-state index contributed by atoms with van der Waals surface area (Å²) in [6, 6.07) is 11.6. The van der Waals surface area contributed by atoms with Gasteiger partial charge in [0.2, 0.25) is 0 Å². The minimum absolute atomic E-state index is 0.173. The molecular weight excluding hydrogens is 284 g/mol. The number of H-pyrrole nitrogens is 1. The molecule has 2 aromatic carbocycles. The standard InChI is InChI=1S/C14H14N6O2/c15-13(21)8-22-12-6-5-9-3-1-2-4-10(9)11(12)7-16-14-17-19-20-18-14/h1-6H,7-8H2,(H2,15,21)(H2,16,17,18,19,20). The van der Waals surface area contributed by atoms with Crippen molar-refractivity contribution < 1.29 is 9.53 Å². The molecule has 0 fully saturated rings. The van der Waals surface area contributed by atoms with Crippen molar-refractivity contribution >= 4 is 22.6 Å². The van der Waals surface area contributed by atoms with Gasteiger partial charge < -0.3 is 15.8 Å². The van der Waals surface area contributed by atoms with Crippen molar-refractivity contribution in [3.05, 3.63) is 42.0 Å². The normalized spacial score (nSPS) is 10.5. The van der Waals surface area contributed by atoms with Crippen molar-refractivity contribution in [1.82, 2.24) is 20.6 Å². The zero-order valence-electron chi connectivity index (χ0n) is 11.6. The van der Waals surface area contributed by atoms with Crippen LogP contribution < -0.4 is 15.8 Å². The Bertz CT molecular complexity index is 787. The van der Waals surface area contributed by atoms with Crippen LogP contribution in [0.15, 0.2) is 36.4 Å². The molecule has 0 saturated heterocycles. The summed E-state index contributed by atoms with van der Waals surface area (Å²) in [5.74, 6) is 0.451. The number of aromatic amines is 1. The summed E-state index contributed by atoms with van der Waals surface area (Å²) < 4.78 is 5.50. The molecule has 8 nitrogen and oxygen atoms in total. The summed E-state index contributed by atoms with van der Waals surface area (Å²) in [7, 11) is 0. The molecule has 0 aliphatic rings. The third-order valence-corrected chi connectivity index (χ3v) is 3.14. The van der Waals surface area contributed by atoms with Crippen LogP contribution in [0.25, 0.3) is 10.8 Å². The molecule has 1 heterocycles. The van der Waals surface area contributed by atoms with Crippen molar-refractivity contribution in [2.75, 3.05) is 11.9 Å².